The summed E-state index contributed by atoms with van der Waals surface area (Å²) in [6, 6.07) is 9.24. The Hall–Kier alpha value is -3.03. The predicted molar refractivity (Wildman–Crippen MR) is 108 cm³/mol. The minimum atomic E-state index is -4.64. The SMILES string of the molecule is CC(C)CC(Oc1ccc(C=N)c(C(F)(F)F)c1)C(=O)N[C@@H](C)c1ccc(O)cc1. The molecule has 0 aliphatic heterocycles. The molecule has 8 heteroatoms. The smallest absolute Gasteiger partial charge is 0.417 e. The molecule has 0 saturated carbocycles. The van der Waals surface area contributed by atoms with Gasteiger partial charge >= 0.3 is 6.18 Å². The molecule has 0 bridgehead atoms. The number of phenols is 1. The number of hydrogen-bond donors (Lipinski definition) is 3. The average Bonchev–Trinajstić information content (AvgIpc) is 2.66. The number of amides is 1. The molecule has 0 fully saturated rings. The van der Waals surface area contributed by atoms with Crippen molar-refractivity contribution in [2.75, 3.05) is 0 Å². The minimum absolute atomic E-state index is 0.0627. The summed E-state index contributed by atoms with van der Waals surface area (Å²) in [5.74, 6) is -0.375. The van der Waals surface area contributed by atoms with Crippen molar-refractivity contribution in [2.24, 2.45) is 5.92 Å². The highest BCUT2D eigenvalue weighted by molar-refractivity contribution is 5.82. The molecule has 0 saturated heterocycles. The third kappa shape index (κ3) is 6.23. The molecule has 30 heavy (non-hydrogen) atoms. The number of nitrogens with one attached hydrogen (secondary N) is 2. The molecule has 5 nitrogen and oxygen atoms in total. The van der Waals surface area contributed by atoms with Gasteiger partial charge in [-0.1, -0.05) is 26.0 Å². The number of rotatable bonds is 8. The van der Waals surface area contributed by atoms with Gasteiger partial charge in [-0.2, -0.15) is 13.2 Å². The molecule has 2 atom stereocenters. The number of carbonyl (C=O) groups is 1. The van der Waals surface area contributed by atoms with Gasteiger partial charge in [0.1, 0.15) is 11.5 Å². The van der Waals surface area contributed by atoms with Crippen molar-refractivity contribution in [3.05, 3.63) is 59.2 Å². The lowest BCUT2D eigenvalue weighted by atomic mass is 10.0. The number of ether oxygens (including phenoxy) is 1. The van der Waals surface area contributed by atoms with Crippen LogP contribution in [0.15, 0.2) is 42.5 Å². The van der Waals surface area contributed by atoms with Crippen LogP contribution in [0.3, 0.4) is 0 Å². The van der Waals surface area contributed by atoms with Crippen molar-refractivity contribution in [1.29, 1.82) is 5.41 Å². The van der Waals surface area contributed by atoms with Crippen LogP contribution in [0.4, 0.5) is 13.2 Å². The summed E-state index contributed by atoms with van der Waals surface area (Å²) in [5, 5.41) is 19.4. The van der Waals surface area contributed by atoms with E-state index in [1.807, 2.05) is 13.8 Å². The molecule has 0 aliphatic carbocycles. The van der Waals surface area contributed by atoms with E-state index in [2.05, 4.69) is 5.32 Å². The van der Waals surface area contributed by atoms with E-state index >= 15 is 0 Å². The Morgan fingerprint density at radius 3 is 2.33 bits per heavy atom. The van der Waals surface area contributed by atoms with Crippen molar-refractivity contribution in [2.45, 2.75) is 45.5 Å². The number of hydrogen-bond acceptors (Lipinski definition) is 4. The van der Waals surface area contributed by atoms with Gasteiger partial charge in [0.05, 0.1) is 11.6 Å². The molecule has 0 aliphatic rings. The van der Waals surface area contributed by atoms with E-state index in [-0.39, 0.29) is 29.0 Å². The van der Waals surface area contributed by atoms with Gasteiger partial charge in [0.25, 0.3) is 5.91 Å². The molecule has 2 rings (SSSR count). The maximum Gasteiger partial charge on any atom is 0.417 e. The van der Waals surface area contributed by atoms with Crippen LogP contribution in [-0.2, 0) is 11.0 Å². The van der Waals surface area contributed by atoms with Crippen LogP contribution in [0.1, 0.15) is 49.9 Å². The van der Waals surface area contributed by atoms with E-state index in [1.165, 1.54) is 18.2 Å². The number of benzene rings is 2. The lowest BCUT2D eigenvalue weighted by Gasteiger charge is -2.23. The summed E-state index contributed by atoms with van der Waals surface area (Å²) in [6.45, 7) is 5.52. The highest BCUT2D eigenvalue weighted by Crippen LogP contribution is 2.34. The van der Waals surface area contributed by atoms with Crippen molar-refractivity contribution in [1.82, 2.24) is 5.32 Å². The molecular formula is C22H25F3N2O3. The van der Waals surface area contributed by atoms with Gasteiger partial charge in [0.15, 0.2) is 6.10 Å². The van der Waals surface area contributed by atoms with Gasteiger partial charge in [0.2, 0.25) is 0 Å². The van der Waals surface area contributed by atoms with Gasteiger partial charge < -0.3 is 20.6 Å². The molecular weight excluding hydrogens is 397 g/mol. The topological polar surface area (TPSA) is 82.4 Å². The monoisotopic (exact) mass is 422 g/mol. The fourth-order valence-electron chi connectivity index (χ4n) is 2.93. The highest BCUT2D eigenvalue weighted by atomic mass is 19.4. The second-order valence-corrected chi connectivity index (χ2v) is 7.45. The molecule has 1 amide bonds. The first-order valence-electron chi connectivity index (χ1n) is 9.49. The van der Waals surface area contributed by atoms with E-state index in [4.69, 9.17) is 10.1 Å². The zero-order valence-electron chi connectivity index (χ0n) is 17.0. The number of alkyl halides is 3. The van der Waals surface area contributed by atoms with Crippen LogP contribution in [0.5, 0.6) is 11.5 Å². The van der Waals surface area contributed by atoms with E-state index < -0.39 is 23.8 Å². The summed E-state index contributed by atoms with van der Waals surface area (Å²) in [6.07, 6.45) is -4.70. The summed E-state index contributed by atoms with van der Waals surface area (Å²) >= 11 is 0. The molecule has 0 heterocycles. The fraction of sp³-hybridized carbons (Fsp3) is 0.364. The first-order valence-corrected chi connectivity index (χ1v) is 9.49. The number of aromatic hydroxyl groups is 1. The van der Waals surface area contributed by atoms with Crippen LogP contribution < -0.4 is 10.1 Å². The zero-order valence-corrected chi connectivity index (χ0v) is 17.0. The summed E-state index contributed by atoms with van der Waals surface area (Å²) in [7, 11) is 0. The highest BCUT2D eigenvalue weighted by Gasteiger charge is 2.34. The second-order valence-electron chi connectivity index (χ2n) is 7.45. The normalized spacial score (nSPS) is 13.6. The molecule has 1 unspecified atom stereocenters. The van der Waals surface area contributed by atoms with Gasteiger partial charge in [-0.3, -0.25) is 4.79 Å². The lowest BCUT2D eigenvalue weighted by molar-refractivity contribution is -0.137. The van der Waals surface area contributed by atoms with Crippen LogP contribution in [-0.4, -0.2) is 23.3 Å². The van der Waals surface area contributed by atoms with Crippen LogP contribution >= 0.6 is 0 Å². The van der Waals surface area contributed by atoms with E-state index in [1.54, 1.807) is 19.1 Å². The van der Waals surface area contributed by atoms with Crippen LogP contribution in [0, 0.1) is 11.3 Å². The molecule has 2 aromatic rings. The zero-order chi connectivity index (χ0) is 22.5. The molecule has 0 aromatic heterocycles. The molecule has 3 N–H and O–H groups in total. The largest absolute Gasteiger partial charge is 0.508 e. The standard InChI is InChI=1S/C22H25F3N2O3/c1-13(2)10-20(21(29)27-14(3)15-4-7-17(28)8-5-15)30-18-9-6-16(12-26)19(11-18)22(23,24)25/h4-9,11-14,20,26,28H,10H2,1-3H3,(H,27,29)/t14-,20?/m0/s1. The van der Waals surface area contributed by atoms with Gasteiger partial charge in [0, 0.05) is 11.8 Å². The Labute approximate surface area is 173 Å². The maximum absolute atomic E-state index is 13.3. The third-order valence-corrected chi connectivity index (χ3v) is 4.49. The average molecular weight is 422 g/mol. The van der Waals surface area contributed by atoms with Crippen molar-refractivity contribution >= 4 is 12.1 Å². The number of phenolic OH excluding ortho intramolecular Hbond substituents is 1. The van der Waals surface area contributed by atoms with Crippen LogP contribution in [0.25, 0.3) is 0 Å². The minimum Gasteiger partial charge on any atom is -0.508 e. The van der Waals surface area contributed by atoms with Gasteiger partial charge in [-0.05, 0) is 55.2 Å². The van der Waals surface area contributed by atoms with Crippen molar-refractivity contribution in [3.8, 4) is 11.5 Å². The first kappa shape index (κ1) is 23.3. The molecule has 2 aromatic carbocycles. The molecule has 0 spiro atoms. The Morgan fingerprint density at radius 2 is 1.80 bits per heavy atom. The fourth-order valence-corrected chi connectivity index (χ4v) is 2.93. The quantitative estimate of drug-likeness (QED) is 0.519. The Kier molecular flexibility index (Phi) is 7.48. The predicted octanol–water partition coefficient (Wildman–Crippen LogP) is 5.08. The van der Waals surface area contributed by atoms with E-state index in [9.17, 15) is 23.1 Å². The lowest BCUT2D eigenvalue weighted by Crippen LogP contribution is -2.40. The Balaban J connectivity index is 2.22. The van der Waals surface area contributed by atoms with E-state index in [0.717, 1.165) is 17.7 Å². The first-order chi connectivity index (χ1) is 14.0. The number of carbonyl (C=O) groups excluding carboxylic acids is 1. The van der Waals surface area contributed by atoms with Crippen molar-refractivity contribution < 1.29 is 27.8 Å². The summed E-state index contributed by atoms with van der Waals surface area (Å²) in [4.78, 5) is 12.8. The Morgan fingerprint density at radius 1 is 1.17 bits per heavy atom. The van der Waals surface area contributed by atoms with Gasteiger partial charge in [-0.15, -0.1) is 0 Å². The number of halogens is 3. The molecule has 162 valence electrons. The molecule has 0 radical (unpaired) electrons. The van der Waals surface area contributed by atoms with Crippen molar-refractivity contribution in [3.63, 3.8) is 0 Å². The summed E-state index contributed by atoms with van der Waals surface area (Å²) in [5.41, 5.74) is -0.504. The second kappa shape index (κ2) is 9.65. The van der Waals surface area contributed by atoms with E-state index in [0.29, 0.717) is 12.6 Å². The van der Waals surface area contributed by atoms with Crippen LogP contribution in [0.2, 0.25) is 0 Å². The third-order valence-electron chi connectivity index (χ3n) is 4.49. The van der Waals surface area contributed by atoms with Gasteiger partial charge in [-0.25, -0.2) is 0 Å². The summed E-state index contributed by atoms with van der Waals surface area (Å²) < 4.78 is 45.4. The Bertz CT molecular complexity index is 880. The maximum atomic E-state index is 13.3.